The van der Waals surface area contributed by atoms with Crippen molar-refractivity contribution >= 4 is 18.8 Å². The second-order valence-electron chi connectivity index (χ2n) is 3.84. The van der Waals surface area contributed by atoms with Crippen molar-refractivity contribution in [2.75, 3.05) is 0 Å². The van der Waals surface area contributed by atoms with E-state index in [1.807, 2.05) is 62.4 Å². The molecule has 0 aliphatic rings. The Morgan fingerprint density at radius 3 is 1.94 bits per heavy atom. The fourth-order valence-corrected chi connectivity index (χ4v) is 1.39. The highest BCUT2D eigenvalue weighted by molar-refractivity contribution is 7.80. The highest BCUT2D eigenvalue weighted by atomic mass is 32.1. The summed E-state index contributed by atoms with van der Waals surface area (Å²) in [7, 11) is 0. The van der Waals surface area contributed by atoms with Crippen LogP contribution in [0.2, 0.25) is 0 Å². The minimum Gasteiger partial charge on any atom is -0.308 e. The monoisotopic (exact) mass is 243 g/mol. The molecule has 1 N–H and O–H groups in total. The molecule has 0 aliphatic carbocycles. The largest absolute Gasteiger partial charge is 0.308 e. The molecule has 0 amide bonds. The number of aryl methyl sites for hydroxylation is 2. The molecular formula is C15H17NS. The van der Waals surface area contributed by atoms with Gasteiger partial charge in [0.15, 0.2) is 0 Å². The van der Waals surface area contributed by atoms with Gasteiger partial charge in [0.05, 0.1) is 0 Å². The molecule has 88 valence electrons. The van der Waals surface area contributed by atoms with Gasteiger partial charge in [-0.15, -0.1) is 12.6 Å². The van der Waals surface area contributed by atoms with Gasteiger partial charge in [-0.3, -0.25) is 0 Å². The summed E-state index contributed by atoms with van der Waals surface area (Å²) in [6.07, 6.45) is 1.35. The Bertz CT molecular complexity index is 454. The molecule has 2 rings (SSSR count). The average molecular weight is 243 g/mol. The van der Waals surface area contributed by atoms with Gasteiger partial charge in [-0.2, -0.15) is 0 Å². The van der Waals surface area contributed by atoms with E-state index in [1.165, 1.54) is 17.3 Å². The lowest BCUT2D eigenvalue weighted by Crippen LogP contribution is -1.77. The summed E-state index contributed by atoms with van der Waals surface area (Å²) in [4.78, 5) is 1.06. The van der Waals surface area contributed by atoms with E-state index in [-0.39, 0.29) is 0 Å². The van der Waals surface area contributed by atoms with Gasteiger partial charge in [0, 0.05) is 11.1 Å². The van der Waals surface area contributed by atoms with Crippen LogP contribution in [0.25, 0.3) is 0 Å². The van der Waals surface area contributed by atoms with Gasteiger partial charge < -0.3 is 5.41 Å². The number of hydrogen-bond donors (Lipinski definition) is 2. The first-order valence-electron chi connectivity index (χ1n) is 5.45. The molecule has 17 heavy (non-hydrogen) atoms. The highest BCUT2D eigenvalue weighted by Gasteiger charge is 1.85. The predicted molar refractivity (Wildman–Crippen MR) is 77.5 cm³/mol. The molecule has 0 aliphatic heterocycles. The summed E-state index contributed by atoms with van der Waals surface area (Å²) in [5.74, 6) is 0. The lowest BCUT2D eigenvalue weighted by atomic mass is 10.2. The molecule has 0 unspecified atom stereocenters. The van der Waals surface area contributed by atoms with Gasteiger partial charge >= 0.3 is 0 Å². The van der Waals surface area contributed by atoms with Crippen molar-refractivity contribution in [3.05, 3.63) is 65.2 Å². The zero-order valence-corrected chi connectivity index (χ0v) is 11.0. The zero-order chi connectivity index (χ0) is 12.7. The van der Waals surface area contributed by atoms with E-state index >= 15 is 0 Å². The Morgan fingerprint density at radius 2 is 1.53 bits per heavy atom. The topological polar surface area (TPSA) is 23.9 Å². The molecule has 0 bridgehead atoms. The molecule has 0 saturated carbocycles. The fourth-order valence-electron chi connectivity index (χ4n) is 1.23. The third-order valence-corrected chi connectivity index (χ3v) is 2.86. The van der Waals surface area contributed by atoms with Crippen molar-refractivity contribution in [2.24, 2.45) is 0 Å². The summed E-state index contributed by atoms with van der Waals surface area (Å²) >= 11 is 4.20. The van der Waals surface area contributed by atoms with Crippen molar-refractivity contribution in [3.8, 4) is 0 Å². The van der Waals surface area contributed by atoms with Crippen molar-refractivity contribution < 1.29 is 0 Å². The number of rotatable bonds is 1. The van der Waals surface area contributed by atoms with Gasteiger partial charge in [0.1, 0.15) is 0 Å². The molecule has 1 nitrogen and oxygen atoms in total. The van der Waals surface area contributed by atoms with Crippen LogP contribution in [0.5, 0.6) is 0 Å². The van der Waals surface area contributed by atoms with E-state index in [1.54, 1.807) is 0 Å². The normalized spacial score (nSPS) is 9.12. The molecule has 0 spiro atoms. The molecule has 2 heteroatoms. The van der Waals surface area contributed by atoms with Gasteiger partial charge in [-0.1, -0.05) is 48.0 Å². The van der Waals surface area contributed by atoms with E-state index in [0.29, 0.717) is 0 Å². The first kappa shape index (κ1) is 13.5. The number of nitrogens with one attached hydrogen (secondary N) is 1. The second-order valence-corrected chi connectivity index (χ2v) is 4.32. The maximum Gasteiger partial charge on any atom is 0.0250 e. The Morgan fingerprint density at radius 1 is 0.941 bits per heavy atom. The standard InChI is InChI=1S/C8H9N.C7H8S/c1-7-2-4-8(6-9)5-3-7;1-6-4-2-3-5-7(6)8/h2-6,9H,1H3;2-5,8H,1H3. The molecule has 0 saturated heterocycles. The van der Waals surface area contributed by atoms with Crippen LogP contribution < -0.4 is 0 Å². The van der Waals surface area contributed by atoms with E-state index in [0.717, 1.165) is 10.5 Å². The Hall–Kier alpha value is -1.54. The van der Waals surface area contributed by atoms with Crippen LogP contribution in [0.4, 0.5) is 0 Å². The highest BCUT2D eigenvalue weighted by Crippen LogP contribution is 2.09. The van der Waals surface area contributed by atoms with Crippen LogP contribution in [0, 0.1) is 19.3 Å². The van der Waals surface area contributed by atoms with Gasteiger partial charge in [0.2, 0.25) is 0 Å². The van der Waals surface area contributed by atoms with Crippen LogP contribution >= 0.6 is 12.6 Å². The first-order valence-corrected chi connectivity index (χ1v) is 5.90. The van der Waals surface area contributed by atoms with E-state index < -0.39 is 0 Å². The fraction of sp³-hybridized carbons (Fsp3) is 0.133. The van der Waals surface area contributed by atoms with Crippen molar-refractivity contribution in [1.29, 1.82) is 5.41 Å². The molecule has 0 radical (unpaired) electrons. The zero-order valence-electron chi connectivity index (χ0n) is 10.1. The summed E-state index contributed by atoms with van der Waals surface area (Å²) in [6.45, 7) is 4.08. The molecule has 0 fully saturated rings. The van der Waals surface area contributed by atoms with Crippen molar-refractivity contribution in [1.82, 2.24) is 0 Å². The summed E-state index contributed by atoms with van der Waals surface area (Å²) < 4.78 is 0. The average Bonchev–Trinajstić information content (AvgIpc) is 2.35. The van der Waals surface area contributed by atoms with E-state index in [4.69, 9.17) is 5.41 Å². The van der Waals surface area contributed by atoms with E-state index in [2.05, 4.69) is 12.6 Å². The minimum atomic E-state index is 0.959. The molecule has 0 heterocycles. The third kappa shape index (κ3) is 4.87. The van der Waals surface area contributed by atoms with Gasteiger partial charge in [-0.05, 0) is 31.0 Å². The van der Waals surface area contributed by atoms with Crippen LogP contribution in [0.15, 0.2) is 53.4 Å². The summed E-state index contributed by atoms with van der Waals surface area (Å²) in [6, 6.07) is 15.9. The lowest BCUT2D eigenvalue weighted by Gasteiger charge is -1.92. The number of thiol groups is 1. The molecule has 2 aromatic rings. The quantitative estimate of drug-likeness (QED) is 0.552. The van der Waals surface area contributed by atoms with Gasteiger partial charge in [0.25, 0.3) is 0 Å². The number of hydrogen-bond acceptors (Lipinski definition) is 2. The summed E-state index contributed by atoms with van der Waals surface area (Å²) in [5.41, 5.74) is 3.43. The Kier molecular flexibility index (Phi) is 5.50. The van der Waals surface area contributed by atoms with Gasteiger partial charge in [-0.25, -0.2) is 0 Å². The Labute approximate surface area is 108 Å². The van der Waals surface area contributed by atoms with Crippen LogP contribution in [-0.4, -0.2) is 6.21 Å². The maximum absolute atomic E-state index is 6.89. The molecule has 0 atom stereocenters. The minimum absolute atomic E-state index is 0.959. The molecule has 2 aromatic carbocycles. The third-order valence-electron chi connectivity index (χ3n) is 2.36. The van der Waals surface area contributed by atoms with Crippen molar-refractivity contribution in [3.63, 3.8) is 0 Å². The van der Waals surface area contributed by atoms with E-state index in [9.17, 15) is 0 Å². The predicted octanol–water partition coefficient (Wildman–Crippen LogP) is 4.28. The van der Waals surface area contributed by atoms with Crippen molar-refractivity contribution in [2.45, 2.75) is 18.7 Å². The van der Waals surface area contributed by atoms with Crippen LogP contribution in [0.1, 0.15) is 16.7 Å². The van der Waals surface area contributed by atoms with Crippen LogP contribution in [0.3, 0.4) is 0 Å². The lowest BCUT2D eigenvalue weighted by molar-refractivity contribution is 1.31. The SMILES string of the molecule is Cc1ccc(C=N)cc1.Cc1ccccc1S. The second kappa shape index (κ2) is 6.92. The Balaban J connectivity index is 0.000000171. The van der Waals surface area contributed by atoms with Crippen LogP contribution in [-0.2, 0) is 0 Å². The smallest absolute Gasteiger partial charge is 0.0250 e. The molecular weight excluding hydrogens is 226 g/mol. The first-order chi connectivity index (χ1) is 8.13. The number of benzene rings is 2. The summed E-state index contributed by atoms with van der Waals surface area (Å²) in [5, 5.41) is 6.89. The maximum atomic E-state index is 6.89. The molecule has 0 aromatic heterocycles.